The number of nitrogens with zero attached hydrogens (tertiary/aromatic N) is 3. The summed E-state index contributed by atoms with van der Waals surface area (Å²) in [7, 11) is -2.96. The monoisotopic (exact) mass is 304 g/mol. The number of nitrogens with two attached hydrogens (primary N) is 1. The van der Waals surface area contributed by atoms with Gasteiger partial charge in [0, 0.05) is 12.8 Å². The number of hydrazine groups is 1. The van der Waals surface area contributed by atoms with Gasteiger partial charge in [0.1, 0.15) is 9.84 Å². The van der Waals surface area contributed by atoms with Crippen LogP contribution in [0.1, 0.15) is 19.8 Å². The molecule has 0 radical (unpaired) electrons. The van der Waals surface area contributed by atoms with Gasteiger partial charge in [0.2, 0.25) is 11.9 Å². The zero-order valence-electron chi connectivity index (χ0n) is 11.6. The van der Waals surface area contributed by atoms with Gasteiger partial charge in [-0.05, 0) is 12.8 Å². The van der Waals surface area contributed by atoms with E-state index in [-0.39, 0.29) is 23.7 Å². The first-order valence-corrected chi connectivity index (χ1v) is 8.27. The lowest BCUT2D eigenvalue weighted by Crippen LogP contribution is -2.16. The Morgan fingerprint density at radius 1 is 1.25 bits per heavy atom. The lowest BCUT2D eigenvalue weighted by atomic mass is 10.5. The smallest absolute Gasteiger partial charge is 0.323 e. The summed E-state index contributed by atoms with van der Waals surface area (Å²) in [5.41, 5.74) is 2.32. The highest BCUT2D eigenvalue weighted by Gasteiger charge is 2.07. The molecule has 4 N–H and O–H groups in total. The normalized spacial score (nSPS) is 11.2. The second-order valence-corrected chi connectivity index (χ2v) is 6.43. The van der Waals surface area contributed by atoms with E-state index < -0.39 is 9.84 Å². The average Bonchev–Trinajstić information content (AvgIpc) is 2.40. The van der Waals surface area contributed by atoms with Crippen molar-refractivity contribution < 1.29 is 13.2 Å². The second-order valence-electron chi connectivity index (χ2n) is 4.17. The predicted molar refractivity (Wildman–Crippen MR) is 76.2 cm³/mol. The van der Waals surface area contributed by atoms with Gasteiger partial charge < -0.3 is 10.1 Å². The number of nitrogen functional groups attached to an aromatic ring is 1. The Morgan fingerprint density at radius 2 is 1.95 bits per heavy atom. The number of ether oxygens (including phenoxy) is 1. The van der Waals surface area contributed by atoms with Crippen molar-refractivity contribution in [1.29, 1.82) is 0 Å². The molecule has 0 saturated carbocycles. The largest absolute Gasteiger partial charge is 0.463 e. The number of nitrogens with one attached hydrogen (secondary N) is 2. The number of rotatable bonds is 9. The van der Waals surface area contributed by atoms with Crippen molar-refractivity contribution in [2.24, 2.45) is 5.84 Å². The van der Waals surface area contributed by atoms with E-state index in [0.29, 0.717) is 19.6 Å². The van der Waals surface area contributed by atoms with E-state index in [0.717, 1.165) is 6.42 Å². The zero-order chi connectivity index (χ0) is 15.0. The maximum atomic E-state index is 11.0. The molecule has 0 aromatic carbocycles. The van der Waals surface area contributed by atoms with Crippen molar-refractivity contribution in [1.82, 2.24) is 15.0 Å². The highest BCUT2D eigenvalue weighted by molar-refractivity contribution is 7.90. The summed E-state index contributed by atoms with van der Waals surface area (Å²) in [6.45, 7) is 2.88. The minimum absolute atomic E-state index is 0.103. The van der Waals surface area contributed by atoms with Gasteiger partial charge in [-0.15, -0.1) is 0 Å². The van der Waals surface area contributed by atoms with E-state index in [1.165, 1.54) is 6.26 Å². The van der Waals surface area contributed by atoms with Crippen LogP contribution in [0.4, 0.5) is 11.9 Å². The van der Waals surface area contributed by atoms with Gasteiger partial charge in [-0.3, -0.25) is 5.43 Å². The third kappa shape index (κ3) is 6.48. The third-order valence-electron chi connectivity index (χ3n) is 2.15. The van der Waals surface area contributed by atoms with Crippen LogP contribution >= 0.6 is 0 Å². The van der Waals surface area contributed by atoms with Gasteiger partial charge in [-0.1, -0.05) is 6.92 Å². The molecule has 0 fully saturated rings. The molecule has 0 spiro atoms. The topological polar surface area (TPSA) is 132 Å². The van der Waals surface area contributed by atoms with Gasteiger partial charge in [-0.25, -0.2) is 14.3 Å². The first-order valence-electron chi connectivity index (χ1n) is 6.21. The fourth-order valence-electron chi connectivity index (χ4n) is 1.29. The fourth-order valence-corrected chi connectivity index (χ4v) is 1.96. The molecular weight excluding hydrogens is 284 g/mol. The molecule has 1 aromatic heterocycles. The summed E-state index contributed by atoms with van der Waals surface area (Å²) in [6.07, 6.45) is 2.48. The molecule has 0 atom stereocenters. The predicted octanol–water partition coefficient (Wildman–Crippen LogP) is -0.207. The van der Waals surface area contributed by atoms with E-state index >= 15 is 0 Å². The van der Waals surface area contributed by atoms with E-state index in [1.54, 1.807) is 0 Å². The third-order valence-corrected chi connectivity index (χ3v) is 3.18. The molecule has 0 aliphatic carbocycles. The Morgan fingerprint density at radius 3 is 2.55 bits per heavy atom. The van der Waals surface area contributed by atoms with Gasteiger partial charge in [0.25, 0.3) is 0 Å². The molecular formula is C10H20N6O3S. The van der Waals surface area contributed by atoms with E-state index in [9.17, 15) is 8.42 Å². The molecule has 9 nitrogen and oxygen atoms in total. The van der Waals surface area contributed by atoms with E-state index in [1.807, 2.05) is 6.92 Å². The maximum absolute atomic E-state index is 11.0. The molecule has 1 heterocycles. The standard InChI is InChI=1S/C10H20N6O3S/c1-3-6-19-10-14-8(13-9(15-10)16-11)12-5-4-7-20(2,17)18/h3-7,11H2,1-2H3,(H2,12,13,14,15,16). The number of hydrogen-bond donors (Lipinski definition) is 3. The second kappa shape index (κ2) is 7.80. The SMILES string of the molecule is CCCOc1nc(NN)nc(NCCCS(C)(=O)=O)n1. The molecule has 1 rings (SSSR count). The number of anilines is 2. The van der Waals surface area contributed by atoms with Gasteiger partial charge in [-0.2, -0.15) is 15.0 Å². The quantitative estimate of drug-likeness (QED) is 0.322. The molecule has 0 unspecified atom stereocenters. The van der Waals surface area contributed by atoms with Crippen molar-refractivity contribution in [3.05, 3.63) is 0 Å². The Hall–Kier alpha value is -1.68. The number of sulfone groups is 1. The van der Waals surface area contributed by atoms with Gasteiger partial charge >= 0.3 is 6.01 Å². The van der Waals surface area contributed by atoms with Crippen LogP contribution in [-0.2, 0) is 9.84 Å². The molecule has 0 aliphatic rings. The van der Waals surface area contributed by atoms with Crippen molar-refractivity contribution in [2.45, 2.75) is 19.8 Å². The summed E-state index contributed by atoms with van der Waals surface area (Å²) in [5, 5.41) is 2.91. The molecule has 0 saturated heterocycles. The highest BCUT2D eigenvalue weighted by Crippen LogP contribution is 2.10. The van der Waals surface area contributed by atoms with Gasteiger partial charge in [0.15, 0.2) is 0 Å². The van der Waals surface area contributed by atoms with E-state index in [4.69, 9.17) is 10.6 Å². The van der Waals surface area contributed by atoms with Crippen molar-refractivity contribution in [2.75, 3.05) is 35.9 Å². The molecule has 1 aromatic rings. The van der Waals surface area contributed by atoms with Crippen molar-refractivity contribution >= 4 is 21.7 Å². The van der Waals surface area contributed by atoms with Crippen LogP contribution in [0.5, 0.6) is 6.01 Å². The molecule has 0 bridgehead atoms. The van der Waals surface area contributed by atoms with Crippen molar-refractivity contribution in [3.8, 4) is 6.01 Å². The zero-order valence-corrected chi connectivity index (χ0v) is 12.4. The average molecular weight is 304 g/mol. The van der Waals surface area contributed by atoms with E-state index in [2.05, 4.69) is 25.7 Å². The van der Waals surface area contributed by atoms with Gasteiger partial charge in [0.05, 0.1) is 12.4 Å². The summed E-state index contributed by atoms with van der Waals surface area (Å²) < 4.78 is 27.3. The lowest BCUT2D eigenvalue weighted by Gasteiger charge is -2.08. The summed E-state index contributed by atoms with van der Waals surface area (Å²) in [4.78, 5) is 12.0. The first-order chi connectivity index (χ1) is 9.44. The summed E-state index contributed by atoms with van der Waals surface area (Å²) >= 11 is 0. The van der Waals surface area contributed by atoms with Crippen LogP contribution < -0.4 is 21.3 Å². The Bertz CT molecular complexity index is 522. The maximum Gasteiger partial charge on any atom is 0.323 e. The van der Waals surface area contributed by atoms with Crippen molar-refractivity contribution in [3.63, 3.8) is 0 Å². The Labute approximate surface area is 118 Å². The number of aromatic nitrogens is 3. The minimum atomic E-state index is -2.96. The molecule has 0 amide bonds. The van der Waals surface area contributed by atoms with Crippen LogP contribution in [0.2, 0.25) is 0 Å². The number of hydrogen-bond acceptors (Lipinski definition) is 9. The Balaban J connectivity index is 2.59. The molecule has 10 heteroatoms. The Kier molecular flexibility index (Phi) is 6.39. The molecule has 0 aliphatic heterocycles. The van der Waals surface area contributed by atoms with Crippen LogP contribution in [0.25, 0.3) is 0 Å². The van der Waals surface area contributed by atoms with Crippen LogP contribution in [0, 0.1) is 0 Å². The van der Waals surface area contributed by atoms with Crippen LogP contribution in [-0.4, -0.2) is 48.5 Å². The summed E-state index contributed by atoms with van der Waals surface area (Å²) in [5.74, 6) is 5.83. The van der Waals surface area contributed by atoms with Crippen LogP contribution in [0.15, 0.2) is 0 Å². The lowest BCUT2D eigenvalue weighted by molar-refractivity contribution is 0.292. The van der Waals surface area contributed by atoms with Crippen LogP contribution in [0.3, 0.4) is 0 Å². The highest BCUT2D eigenvalue weighted by atomic mass is 32.2. The fraction of sp³-hybridized carbons (Fsp3) is 0.700. The summed E-state index contributed by atoms with van der Waals surface area (Å²) in [6, 6.07) is 0.167. The minimum Gasteiger partial charge on any atom is -0.463 e. The molecule has 20 heavy (non-hydrogen) atoms. The molecule has 114 valence electrons. The first kappa shape index (κ1) is 16.4.